The molecule has 20 heavy (non-hydrogen) atoms. The molecule has 0 aromatic heterocycles. The predicted molar refractivity (Wildman–Crippen MR) is 77.1 cm³/mol. The lowest BCUT2D eigenvalue weighted by Crippen LogP contribution is -2.33. The first-order chi connectivity index (χ1) is 9.20. The number of rotatable bonds is 5. The molecule has 0 bridgehead atoms. The quantitative estimate of drug-likeness (QED) is 0.654. The Kier molecular flexibility index (Phi) is 5.38. The Balaban J connectivity index is 3.14. The molecule has 0 aliphatic heterocycles. The molecule has 0 amide bonds. The van der Waals surface area contributed by atoms with E-state index in [2.05, 4.69) is 0 Å². The third-order valence-corrected chi connectivity index (χ3v) is 4.86. The first kappa shape index (κ1) is 16.7. The number of benzene rings is 1. The number of anilines is 1. The van der Waals surface area contributed by atoms with Crippen LogP contribution in [0.3, 0.4) is 0 Å². The highest BCUT2D eigenvalue weighted by Gasteiger charge is 2.26. The molecule has 1 aromatic carbocycles. The number of esters is 1. The number of carbonyl (C=O) groups excluding carboxylic acids is 1. The van der Waals surface area contributed by atoms with Crippen LogP contribution in [0, 0.1) is 6.92 Å². The van der Waals surface area contributed by atoms with Gasteiger partial charge < -0.3 is 10.5 Å². The van der Waals surface area contributed by atoms with E-state index in [-0.39, 0.29) is 28.8 Å². The minimum atomic E-state index is -3.86. The number of nitrogens with two attached hydrogens (primary N) is 1. The van der Waals surface area contributed by atoms with Gasteiger partial charge in [0.15, 0.2) is 0 Å². The van der Waals surface area contributed by atoms with Crippen molar-refractivity contribution >= 4 is 33.3 Å². The Morgan fingerprint density at radius 1 is 1.45 bits per heavy atom. The van der Waals surface area contributed by atoms with E-state index in [1.54, 1.807) is 13.8 Å². The zero-order valence-corrected chi connectivity index (χ0v) is 13.1. The molecular formula is C12H17ClN2O4S. The average molecular weight is 321 g/mol. The third kappa shape index (κ3) is 3.62. The Bertz CT molecular complexity index is 616. The van der Waals surface area contributed by atoms with Gasteiger partial charge in [-0.05, 0) is 31.5 Å². The van der Waals surface area contributed by atoms with Crippen molar-refractivity contribution in [1.29, 1.82) is 0 Å². The molecule has 0 radical (unpaired) electrons. The van der Waals surface area contributed by atoms with E-state index in [9.17, 15) is 13.2 Å². The van der Waals surface area contributed by atoms with Crippen LogP contribution in [0.1, 0.15) is 12.5 Å². The van der Waals surface area contributed by atoms with Crippen LogP contribution >= 0.6 is 11.6 Å². The third-order valence-electron chi connectivity index (χ3n) is 2.71. The molecule has 0 atom stereocenters. The van der Waals surface area contributed by atoms with Crippen LogP contribution in [0.15, 0.2) is 17.0 Å². The summed E-state index contributed by atoms with van der Waals surface area (Å²) in [5.74, 6) is -0.619. The number of carbonyl (C=O) groups is 1. The summed E-state index contributed by atoms with van der Waals surface area (Å²) in [5.41, 5.74) is 6.38. The number of nitrogens with zero attached hydrogens (tertiary/aromatic N) is 1. The zero-order valence-electron chi connectivity index (χ0n) is 11.5. The average Bonchev–Trinajstić information content (AvgIpc) is 2.33. The van der Waals surface area contributed by atoms with Crippen molar-refractivity contribution in [3.63, 3.8) is 0 Å². The van der Waals surface area contributed by atoms with Gasteiger partial charge in [0.25, 0.3) is 0 Å². The fourth-order valence-electron chi connectivity index (χ4n) is 1.58. The second kappa shape index (κ2) is 6.43. The number of likely N-dealkylation sites (N-methyl/N-ethyl adjacent to an activating group) is 1. The fourth-order valence-corrected chi connectivity index (χ4v) is 3.27. The highest BCUT2D eigenvalue weighted by Crippen LogP contribution is 2.27. The minimum absolute atomic E-state index is 0.0192. The SMILES string of the molecule is CCOC(=O)CN(C)S(=O)(=O)c1cc(Cl)cc(N)c1C. The van der Waals surface area contributed by atoms with Crippen molar-refractivity contribution in [3.05, 3.63) is 22.7 Å². The lowest BCUT2D eigenvalue weighted by Gasteiger charge is -2.18. The summed E-state index contributed by atoms with van der Waals surface area (Å²) >= 11 is 5.83. The Morgan fingerprint density at radius 2 is 2.05 bits per heavy atom. The molecule has 0 aliphatic carbocycles. The van der Waals surface area contributed by atoms with E-state index < -0.39 is 16.0 Å². The summed E-state index contributed by atoms with van der Waals surface area (Å²) in [4.78, 5) is 11.4. The molecule has 2 N–H and O–H groups in total. The summed E-state index contributed by atoms with van der Waals surface area (Å²) < 4.78 is 30.4. The Hall–Kier alpha value is -1.31. The molecule has 0 heterocycles. The van der Waals surface area contributed by atoms with Crippen LogP contribution in [0.2, 0.25) is 5.02 Å². The highest BCUT2D eigenvalue weighted by atomic mass is 35.5. The minimum Gasteiger partial charge on any atom is -0.465 e. The number of nitrogen functional groups attached to an aromatic ring is 1. The molecular weight excluding hydrogens is 304 g/mol. The predicted octanol–water partition coefficient (Wildman–Crippen LogP) is 1.41. The van der Waals surface area contributed by atoms with Crippen LogP contribution in [0.5, 0.6) is 0 Å². The van der Waals surface area contributed by atoms with Gasteiger partial charge in [-0.2, -0.15) is 4.31 Å². The standard InChI is InChI=1S/C12H17ClN2O4S/c1-4-19-12(16)7-15(3)20(17,18)11-6-9(13)5-10(14)8(11)2/h5-6H,4,7,14H2,1-3H3. The topological polar surface area (TPSA) is 89.7 Å². The van der Waals surface area contributed by atoms with Gasteiger partial charge in [0.05, 0.1) is 11.5 Å². The van der Waals surface area contributed by atoms with Crippen LogP contribution in [-0.2, 0) is 19.6 Å². The summed E-state index contributed by atoms with van der Waals surface area (Å²) in [7, 11) is -2.57. The van der Waals surface area contributed by atoms with Crippen LogP contribution in [0.25, 0.3) is 0 Å². The normalized spacial score (nSPS) is 11.7. The van der Waals surface area contributed by atoms with E-state index in [0.29, 0.717) is 5.56 Å². The van der Waals surface area contributed by atoms with Crippen LogP contribution in [0.4, 0.5) is 5.69 Å². The summed E-state index contributed by atoms with van der Waals surface area (Å²) in [6, 6.07) is 2.78. The van der Waals surface area contributed by atoms with Crippen LogP contribution < -0.4 is 5.73 Å². The Labute approximate surface area is 123 Å². The maximum atomic E-state index is 12.4. The van der Waals surface area contributed by atoms with Gasteiger partial charge in [0.2, 0.25) is 10.0 Å². The van der Waals surface area contributed by atoms with Crippen molar-refractivity contribution in [1.82, 2.24) is 4.31 Å². The molecule has 8 heteroatoms. The van der Waals surface area contributed by atoms with Gasteiger partial charge in [-0.15, -0.1) is 0 Å². The van der Waals surface area contributed by atoms with Crippen molar-refractivity contribution in [2.24, 2.45) is 0 Å². The van der Waals surface area contributed by atoms with E-state index in [1.165, 1.54) is 19.2 Å². The maximum absolute atomic E-state index is 12.4. The second-order valence-corrected chi connectivity index (χ2v) is 6.63. The largest absolute Gasteiger partial charge is 0.465 e. The number of halogens is 1. The van der Waals surface area contributed by atoms with Gasteiger partial charge in [-0.25, -0.2) is 8.42 Å². The summed E-state index contributed by atoms with van der Waals surface area (Å²) in [6.45, 7) is 3.04. The van der Waals surface area contributed by atoms with Crippen molar-refractivity contribution in [3.8, 4) is 0 Å². The first-order valence-corrected chi connectivity index (χ1v) is 7.69. The zero-order chi connectivity index (χ0) is 15.5. The highest BCUT2D eigenvalue weighted by molar-refractivity contribution is 7.89. The smallest absolute Gasteiger partial charge is 0.321 e. The summed E-state index contributed by atoms with van der Waals surface area (Å²) in [6.07, 6.45) is 0. The van der Waals surface area contributed by atoms with Crippen LogP contribution in [-0.4, -0.2) is 38.9 Å². The molecule has 0 saturated heterocycles. The maximum Gasteiger partial charge on any atom is 0.321 e. The summed E-state index contributed by atoms with van der Waals surface area (Å²) in [5, 5.41) is 0.219. The lowest BCUT2D eigenvalue weighted by atomic mass is 10.2. The van der Waals surface area contributed by atoms with E-state index >= 15 is 0 Å². The van der Waals surface area contributed by atoms with Gasteiger partial charge in [-0.1, -0.05) is 11.6 Å². The molecule has 0 fully saturated rings. The second-order valence-electron chi connectivity index (χ2n) is 4.18. The molecule has 0 saturated carbocycles. The molecule has 112 valence electrons. The molecule has 6 nitrogen and oxygen atoms in total. The van der Waals surface area contributed by atoms with Crippen molar-refractivity contribution in [2.75, 3.05) is 25.9 Å². The van der Waals surface area contributed by atoms with E-state index in [1.807, 2.05) is 0 Å². The molecule has 0 unspecified atom stereocenters. The van der Waals surface area contributed by atoms with Crippen molar-refractivity contribution in [2.45, 2.75) is 18.7 Å². The first-order valence-electron chi connectivity index (χ1n) is 5.87. The van der Waals surface area contributed by atoms with E-state index in [4.69, 9.17) is 22.1 Å². The van der Waals surface area contributed by atoms with E-state index in [0.717, 1.165) is 4.31 Å². The van der Waals surface area contributed by atoms with Gasteiger partial charge in [0.1, 0.15) is 6.54 Å². The number of hydrogen-bond acceptors (Lipinski definition) is 5. The number of sulfonamides is 1. The molecule has 1 aromatic rings. The Morgan fingerprint density at radius 3 is 2.60 bits per heavy atom. The number of ether oxygens (including phenoxy) is 1. The lowest BCUT2D eigenvalue weighted by molar-refractivity contribution is -0.143. The van der Waals surface area contributed by atoms with Crippen molar-refractivity contribution < 1.29 is 17.9 Å². The van der Waals surface area contributed by atoms with Gasteiger partial charge >= 0.3 is 5.97 Å². The molecule has 0 spiro atoms. The monoisotopic (exact) mass is 320 g/mol. The molecule has 0 aliphatic rings. The van der Waals surface area contributed by atoms with Gasteiger partial charge in [0, 0.05) is 17.8 Å². The van der Waals surface area contributed by atoms with Gasteiger partial charge in [-0.3, -0.25) is 4.79 Å². The fraction of sp³-hybridized carbons (Fsp3) is 0.417. The number of hydrogen-bond donors (Lipinski definition) is 1. The molecule has 1 rings (SSSR count).